The smallest absolute Gasteiger partial charge is 0.310 e. The number of aromatic nitrogens is 1. The number of ketones is 1. The molecule has 0 bridgehead atoms. The standard InChI is InChI=1S/C30H26N2O5S2/c1-17(2)37-23(33)16-19-11-13-21(14-12-19)32-25(22-10-7-15-38-22)24(27(35)30(32)36)26(34)28-18(3)31-29(39-28)20-8-5-4-6-9-20/h4-15,17,25,35H,16H2,1-3H3. The normalized spacial score (nSPS) is 15.3. The Labute approximate surface area is 234 Å². The molecule has 0 saturated carbocycles. The number of anilines is 1. The van der Waals surface area contributed by atoms with Crippen LogP contribution in [0.3, 0.4) is 0 Å². The monoisotopic (exact) mass is 558 g/mol. The molecule has 5 rings (SSSR count). The fourth-order valence-electron chi connectivity index (χ4n) is 4.50. The van der Waals surface area contributed by atoms with E-state index in [0.717, 1.165) is 16.0 Å². The molecule has 0 saturated heterocycles. The zero-order valence-electron chi connectivity index (χ0n) is 21.6. The van der Waals surface area contributed by atoms with Crippen LogP contribution in [0.15, 0.2) is 83.4 Å². The fraction of sp³-hybridized carbons (Fsp3) is 0.200. The van der Waals surface area contributed by atoms with E-state index in [0.29, 0.717) is 21.3 Å². The average Bonchev–Trinajstić information content (AvgIpc) is 3.63. The highest BCUT2D eigenvalue weighted by atomic mass is 32.1. The van der Waals surface area contributed by atoms with Crippen molar-refractivity contribution in [3.05, 3.63) is 104 Å². The Bertz CT molecular complexity index is 1550. The number of aliphatic hydroxyl groups excluding tert-OH is 1. The summed E-state index contributed by atoms with van der Waals surface area (Å²) in [6.45, 7) is 5.34. The highest BCUT2D eigenvalue weighted by Crippen LogP contribution is 2.44. The van der Waals surface area contributed by atoms with Crippen molar-refractivity contribution in [1.29, 1.82) is 0 Å². The molecule has 198 valence electrons. The SMILES string of the molecule is Cc1nc(-c2ccccc2)sc1C(=O)C1=C(O)C(=O)N(c2ccc(CC(=O)OC(C)C)cc2)C1c1cccs1. The first-order chi connectivity index (χ1) is 18.7. The Kier molecular flexibility index (Phi) is 7.45. The fourth-order valence-corrected chi connectivity index (χ4v) is 6.35. The molecule has 2 aromatic carbocycles. The number of thiophene rings is 1. The van der Waals surface area contributed by atoms with Crippen LogP contribution in [0.1, 0.15) is 45.7 Å². The van der Waals surface area contributed by atoms with Crippen LogP contribution in [0.4, 0.5) is 5.69 Å². The molecular formula is C30H26N2O5S2. The van der Waals surface area contributed by atoms with E-state index >= 15 is 0 Å². The predicted molar refractivity (Wildman–Crippen MR) is 152 cm³/mol. The summed E-state index contributed by atoms with van der Waals surface area (Å²) >= 11 is 2.64. The average molecular weight is 559 g/mol. The van der Waals surface area contributed by atoms with Crippen molar-refractivity contribution in [1.82, 2.24) is 4.98 Å². The van der Waals surface area contributed by atoms with E-state index in [1.165, 1.54) is 27.6 Å². The van der Waals surface area contributed by atoms with Crippen LogP contribution >= 0.6 is 22.7 Å². The molecule has 0 spiro atoms. The third kappa shape index (κ3) is 5.28. The number of thiazole rings is 1. The molecule has 1 aliphatic rings. The van der Waals surface area contributed by atoms with Gasteiger partial charge in [-0.05, 0) is 49.9 Å². The Balaban J connectivity index is 1.49. The van der Waals surface area contributed by atoms with E-state index < -0.39 is 23.5 Å². The van der Waals surface area contributed by atoms with Gasteiger partial charge in [-0.15, -0.1) is 22.7 Å². The van der Waals surface area contributed by atoms with Crippen LogP contribution in [-0.2, 0) is 20.7 Å². The van der Waals surface area contributed by atoms with Crippen molar-refractivity contribution in [2.24, 2.45) is 0 Å². The van der Waals surface area contributed by atoms with Gasteiger partial charge in [-0.1, -0.05) is 48.5 Å². The minimum atomic E-state index is -0.802. The quantitative estimate of drug-likeness (QED) is 0.197. The molecule has 2 aromatic heterocycles. The van der Waals surface area contributed by atoms with Crippen LogP contribution < -0.4 is 4.90 Å². The maximum Gasteiger partial charge on any atom is 0.310 e. The minimum Gasteiger partial charge on any atom is -0.503 e. The molecule has 1 unspecified atom stereocenters. The summed E-state index contributed by atoms with van der Waals surface area (Å²) in [4.78, 5) is 46.6. The first-order valence-corrected chi connectivity index (χ1v) is 14.1. The van der Waals surface area contributed by atoms with Crippen molar-refractivity contribution in [2.45, 2.75) is 39.3 Å². The molecule has 4 aromatic rings. The number of carbonyl (C=O) groups is 3. The molecule has 39 heavy (non-hydrogen) atoms. The van der Waals surface area contributed by atoms with E-state index in [1.807, 2.05) is 47.8 Å². The molecule has 7 nitrogen and oxygen atoms in total. The third-order valence-electron chi connectivity index (χ3n) is 6.22. The lowest BCUT2D eigenvalue weighted by Gasteiger charge is -2.26. The number of amides is 1. The topological polar surface area (TPSA) is 96.8 Å². The molecule has 1 aliphatic heterocycles. The zero-order valence-corrected chi connectivity index (χ0v) is 23.2. The summed E-state index contributed by atoms with van der Waals surface area (Å²) < 4.78 is 5.22. The summed E-state index contributed by atoms with van der Waals surface area (Å²) in [6, 6.07) is 19.3. The van der Waals surface area contributed by atoms with Crippen LogP contribution in [0.2, 0.25) is 0 Å². The molecule has 0 radical (unpaired) electrons. The van der Waals surface area contributed by atoms with Gasteiger partial charge in [-0.25, -0.2) is 4.98 Å². The second kappa shape index (κ2) is 11.0. The van der Waals surface area contributed by atoms with Crippen molar-refractivity contribution in [2.75, 3.05) is 4.90 Å². The molecule has 0 aliphatic carbocycles. The number of rotatable bonds is 8. The number of carbonyl (C=O) groups excluding carboxylic acids is 3. The lowest BCUT2D eigenvalue weighted by atomic mass is 10.00. The van der Waals surface area contributed by atoms with Gasteiger partial charge in [0.1, 0.15) is 11.0 Å². The Morgan fingerprint density at radius 2 is 1.77 bits per heavy atom. The maximum atomic E-state index is 13.9. The number of hydrogen-bond donors (Lipinski definition) is 1. The number of aliphatic hydroxyl groups is 1. The Morgan fingerprint density at radius 1 is 1.05 bits per heavy atom. The van der Waals surface area contributed by atoms with Crippen LogP contribution in [-0.4, -0.2) is 33.9 Å². The molecule has 1 atom stereocenters. The van der Waals surface area contributed by atoms with E-state index in [2.05, 4.69) is 4.98 Å². The minimum absolute atomic E-state index is 0.0263. The van der Waals surface area contributed by atoms with Gasteiger partial charge in [0.05, 0.1) is 28.7 Å². The number of esters is 1. The van der Waals surface area contributed by atoms with Crippen molar-refractivity contribution >= 4 is 46.0 Å². The van der Waals surface area contributed by atoms with Crippen molar-refractivity contribution in [3.63, 3.8) is 0 Å². The molecular weight excluding hydrogens is 532 g/mol. The molecule has 0 fully saturated rings. The summed E-state index contributed by atoms with van der Waals surface area (Å²) in [5.74, 6) is -1.99. The molecule has 1 amide bonds. The first-order valence-electron chi connectivity index (χ1n) is 12.4. The summed E-state index contributed by atoms with van der Waals surface area (Å²) in [5, 5.41) is 13.6. The van der Waals surface area contributed by atoms with E-state index in [4.69, 9.17) is 4.74 Å². The lowest BCUT2D eigenvalue weighted by Crippen LogP contribution is -2.30. The molecule has 9 heteroatoms. The largest absolute Gasteiger partial charge is 0.503 e. The third-order valence-corrected chi connectivity index (χ3v) is 8.35. The van der Waals surface area contributed by atoms with Gasteiger partial charge in [0.2, 0.25) is 5.78 Å². The Hall–Kier alpha value is -4.08. The molecule has 1 N–H and O–H groups in total. The second-order valence-electron chi connectivity index (χ2n) is 9.37. The van der Waals surface area contributed by atoms with Gasteiger partial charge in [0, 0.05) is 16.1 Å². The number of aryl methyl sites for hydroxylation is 1. The number of benzene rings is 2. The van der Waals surface area contributed by atoms with E-state index in [9.17, 15) is 19.5 Å². The van der Waals surface area contributed by atoms with Gasteiger partial charge in [0.15, 0.2) is 5.76 Å². The van der Waals surface area contributed by atoms with Gasteiger partial charge in [0.25, 0.3) is 5.91 Å². The second-order valence-corrected chi connectivity index (χ2v) is 11.3. The van der Waals surface area contributed by atoms with Crippen molar-refractivity contribution in [3.8, 4) is 10.6 Å². The van der Waals surface area contributed by atoms with Gasteiger partial charge >= 0.3 is 5.97 Å². The zero-order chi connectivity index (χ0) is 27.7. The van der Waals surface area contributed by atoms with Crippen LogP contribution in [0, 0.1) is 6.92 Å². The lowest BCUT2D eigenvalue weighted by molar-refractivity contribution is -0.146. The van der Waals surface area contributed by atoms with Crippen LogP contribution in [0.25, 0.3) is 10.6 Å². The van der Waals surface area contributed by atoms with Gasteiger partial charge < -0.3 is 9.84 Å². The number of ether oxygens (including phenoxy) is 1. The van der Waals surface area contributed by atoms with Gasteiger partial charge in [-0.2, -0.15) is 0 Å². The van der Waals surface area contributed by atoms with E-state index in [-0.39, 0.29) is 24.1 Å². The van der Waals surface area contributed by atoms with E-state index in [1.54, 1.807) is 45.0 Å². The highest BCUT2D eigenvalue weighted by molar-refractivity contribution is 7.17. The number of nitrogens with zero attached hydrogens (tertiary/aromatic N) is 2. The summed E-state index contributed by atoms with van der Waals surface area (Å²) in [6.07, 6.45) is -0.107. The highest BCUT2D eigenvalue weighted by Gasteiger charge is 2.45. The van der Waals surface area contributed by atoms with Gasteiger partial charge in [-0.3, -0.25) is 19.3 Å². The summed E-state index contributed by atoms with van der Waals surface area (Å²) in [5.41, 5.74) is 2.68. The Morgan fingerprint density at radius 3 is 2.41 bits per heavy atom. The molecule has 3 heterocycles. The number of hydrogen-bond acceptors (Lipinski definition) is 8. The maximum absolute atomic E-state index is 13.9. The predicted octanol–water partition coefficient (Wildman–Crippen LogP) is 6.46. The van der Waals surface area contributed by atoms with Crippen molar-refractivity contribution < 1.29 is 24.2 Å². The number of Topliss-reactive ketones (excluding diaryl/α,β-unsaturated/α-hetero) is 1. The first kappa shape index (κ1) is 26.5. The van der Waals surface area contributed by atoms with Crippen LogP contribution in [0.5, 0.6) is 0 Å². The summed E-state index contributed by atoms with van der Waals surface area (Å²) in [7, 11) is 0.